The second kappa shape index (κ2) is 10.8. The Morgan fingerprint density at radius 3 is 2.71 bits per heavy atom. The predicted octanol–water partition coefficient (Wildman–Crippen LogP) is 4.05. The van der Waals surface area contributed by atoms with Crippen LogP contribution in [0.4, 0.5) is 0 Å². The zero-order valence-electron chi connectivity index (χ0n) is 16.3. The maximum Gasteiger partial charge on any atom is 0.231 e. The summed E-state index contributed by atoms with van der Waals surface area (Å²) < 4.78 is 16.2. The molecule has 0 spiro atoms. The summed E-state index contributed by atoms with van der Waals surface area (Å²) in [5, 5.41) is 11.3. The Bertz CT molecular complexity index is 804. The van der Waals surface area contributed by atoms with Crippen LogP contribution in [-0.2, 0) is 25.9 Å². The molecule has 0 atom stereocenters. The minimum Gasteiger partial charge on any atom is -0.454 e. The summed E-state index contributed by atoms with van der Waals surface area (Å²) in [6.45, 7) is 8.21. The number of halogens is 2. The average Bonchev–Trinajstić information content (AvgIpc) is 3.30. The first-order valence-corrected chi connectivity index (χ1v) is 9.60. The smallest absolute Gasteiger partial charge is 0.231 e. The van der Waals surface area contributed by atoms with Gasteiger partial charge in [0.05, 0.1) is 17.3 Å². The van der Waals surface area contributed by atoms with Gasteiger partial charge >= 0.3 is 0 Å². The third-order valence-electron chi connectivity index (χ3n) is 4.29. The van der Waals surface area contributed by atoms with Gasteiger partial charge in [0.15, 0.2) is 17.5 Å². The highest BCUT2D eigenvalue weighted by atomic mass is 127. The molecule has 0 bridgehead atoms. The molecule has 2 N–H and O–H groups in total. The van der Waals surface area contributed by atoms with E-state index in [4.69, 9.17) is 25.6 Å². The molecule has 0 saturated carbocycles. The summed E-state index contributed by atoms with van der Waals surface area (Å²) >= 11 is 6.24. The highest BCUT2D eigenvalue weighted by Crippen LogP contribution is 2.39. The molecule has 0 saturated heterocycles. The van der Waals surface area contributed by atoms with E-state index in [1.807, 2.05) is 19.1 Å². The number of ether oxygens (including phenoxy) is 2. The molecule has 9 heteroatoms. The standard InChI is InChI=1S/C19H25ClN4O3.HI/c1-4-15-13(16(5-2)27-24-15)10-23-19(21-6-3)22-9-12-7-14(20)18-17(8-12)25-11-26-18;/h7-8H,4-6,9-11H2,1-3H3,(H2,21,22,23);1H. The number of aromatic nitrogens is 1. The molecule has 1 aromatic heterocycles. The normalized spacial score (nSPS) is 12.6. The molecule has 1 aliphatic rings. The average molecular weight is 521 g/mol. The van der Waals surface area contributed by atoms with Gasteiger partial charge in [-0.2, -0.15) is 0 Å². The van der Waals surface area contributed by atoms with Gasteiger partial charge < -0.3 is 24.6 Å². The number of aliphatic imine (C=N–C) groups is 1. The van der Waals surface area contributed by atoms with Crippen LogP contribution in [0, 0.1) is 0 Å². The van der Waals surface area contributed by atoms with Crippen molar-refractivity contribution in [2.24, 2.45) is 4.99 Å². The molecule has 1 aliphatic heterocycles. The van der Waals surface area contributed by atoms with Gasteiger partial charge in [-0.05, 0) is 31.0 Å². The maximum absolute atomic E-state index is 6.24. The zero-order valence-corrected chi connectivity index (χ0v) is 19.4. The quantitative estimate of drug-likeness (QED) is 0.326. The SMILES string of the molecule is CCNC(=NCc1cc(Cl)c2c(c1)OCO2)NCc1c(CC)noc1CC.I. The van der Waals surface area contributed by atoms with E-state index in [0.29, 0.717) is 29.6 Å². The number of nitrogens with zero attached hydrogens (tertiary/aromatic N) is 2. The number of fused-ring (bicyclic) bond motifs is 1. The Labute approximate surface area is 187 Å². The lowest BCUT2D eigenvalue weighted by molar-refractivity contribution is 0.174. The summed E-state index contributed by atoms with van der Waals surface area (Å²) in [7, 11) is 0. The van der Waals surface area contributed by atoms with Crippen molar-refractivity contribution in [1.29, 1.82) is 0 Å². The van der Waals surface area contributed by atoms with Crippen LogP contribution in [0.15, 0.2) is 21.6 Å². The molecular formula is C19H26ClIN4O3. The molecule has 7 nitrogen and oxygen atoms in total. The molecule has 0 aliphatic carbocycles. The zero-order chi connectivity index (χ0) is 19.2. The molecule has 2 heterocycles. The van der Waals surface area contributed by atoms with Gasteiger partial charge in [-0.15, -0.1) is 24.0 Å². The van der Waals surface area contributed by atoms with E-state index in [9.17, 15) is 0 Å². The van der Waals surface area contributed by atoms with Gasteiger partial charge in [0.2, 0.25) is 6.79 Å². The van der Waals surface area contributed by atoms with Crippen molar-refractivity contribution in [3.05, 3.63) is 39.7 Å². The van der Waals surface area contributed by atoms with Crippen molar-refractivity contribution in [2.45, 2.75) is 46.7 Å². The molecule has 2 aromatic rings. The lowest BCUT2D eigenvalue weighted by Crippen LogP contribution is -2.37. The van der Waals surface area contributed by atoms with Crippen LogP contribution in [0.2, 0.25) is 5.02 Å². The Morgan fingerprint density at radius 2 is 2.00 bits per heavy atom. The number of nitrogens with one attached hydrogen (secondary N) is 2. The second-order valence-electron chi connectivity index (χ2n) is 6.10. The van der Waals surface area contributed by atoms with Gasteiger partial charge in [0, 0.05) is 25.1 Å². The van der Waals surface area contributed by atoms with Gasteiger partial charge in [0.1, 0.15) is 5.76 Å². The first kappa shape index (κ1) is 22.6. The van der Waals surface area contributed by atoms with Crippen molar-refractivity contribution in [3.8, 4) is 11.5 Å². The largest absolute Gasteiger partial charge is 0.454 e. The fourth-order valence-corrected chi connectivity index (χ4v) is 3.22. The summed E-state index contributed by atoms with van der Waals surface area (Å²) in [4.78, 5) is 4.65. The van der Waals surface area contributed by atoms with Gasteiger partial charge in [-0.25, -0.2) is 4.99 Å². The van der Waals surface area contributed by atoms with Crippen LogP contribution >= 0.6 is 35.6 Å². The number of hydrogen-bond donors (Lipinski definition) is 2. The lowest BCUT2D eigenvalue weighted by atomic mass is 10.1. The Hall–Kier alpha value is -1.68. The van der Waals surface area contributed by atoms with Crippen LogP contribution in [0.25, 0.3) is 0 Å². The Morgan fingerprint density at radius 1 is 1.18 bits per heavy atom. The minimum absolute atomic E-state index is 0. The van der Waals surface area contributed by atoms with Crippen LogP contribution in [0.1, 0.15) is 43.4 Å². The molecule has 0 amide bonds. The molecule has 28 heavy (non-hydrogen) atoms. The van der Waals surface area contributed by atoms with E-state index in [0.717, 1.165) is 47.9 Å². The number of guanidine groups is 1. The fraction of sp³-hybridized carbons (Fsp3) is 0.474. The van der Waals surface area contributed by atoms with E-state index >= 15 is 0 Å². The maximum atomic E-state index is 6.24. The predicted molar refractivity (Wildman–Crippen MR) is 120 cm³/mol. The van der Waals surface area contributed by atoms with Crippen LogP contribution in [0.5, 0.6) is 11.5 Å². The second-order valence-corrected chi connectivity index (χ2v) is 6.51. The van der Waals surface area contributed by atoms with Crippen molar-refractivity contribution < 1.29 is 14.0 Å². The van der Waals surface area contributed by atoms with Crippen LogP contribution in [0.3, 0.4) is 0 Å². The summed E-state index contributed by atoms with van der Waals surface area (Å²) in [5.74, 6) is 2.89. The van der Waals surface area contributed by atoms with Crippen molar-refractivity contribution in [1.82, 2.24) is 15.8 Å². The molecule has 3 rings (SSSR count). The van der Waals surface area contributed by atoms with Gasteiger partial charge in [-0.3, -0.25) is 0 Å². The topological polar surface area (TPSA) is 80.9 Å². The first-order valence-electron chi connectivity index (χ1n) is 9.22. The summed E-state index contributed by atoms with van der Waals surface area (Å²) in [6, 6.07) is 3.76. The van der Waals surface area contributed by atoms with Crippen molar-refractivity contribution in [3.63, 3.8) is 0 Å². The summed E-state index contributed by atoms with van der Waals surface area (Å²) in [6.07, 6.45) is 1.65. The summed E-state index contributed by atoms with van der Waals surface area (Å²) in [5.41, 5.74) is 3.05. The molecule has 0 unspecified atom stereocenters. The molecule has 154 valence electrons. The highest BCUT2D eigenvalue weighted by molar-refractivity contribution is 14.0. The molecule has 0 radical (unpaired) electrons. The van der Waals surface area contributed by atoms with E-state index in [1.54, 1.807) is 0 Å². The van der Waals surface area contributed by atoms with E-state index in [2.05, 4.69) is 34.6 Å². The van der Waals surface area contributed by atoms with Crippen molar-refractivity contribution >= 4 is 41.5 Å². The first-order chi connectivity index (χ1) is 13.2. The molecular weight excluding hydrogens is 495 g/mol. The van der Waals surface area contributed by atoms with Crippen LogP contribution < -0.4 is 20.1 Å². The molecule has 0 fully saturated rings. The number of benzene rings is 1. The third kappa shape index (κ3) is 5.22. The molecule has 1 aromatic carbocycles. The lowest BCUT2D eigenvalue weighted by Gasteiger charge is -2.12. The van der Waals surface area contributed by atoms with Gasteiger partial charge in [0.25, 0.3) is 0 Å². The van der Waals surface area contributed by atoms with Crippen LogP contribution in [-0.4, -0.2) is 24.5 Å². The van der Waals surface area contributed by atoms with Gasteiger partial charge in [-0.1, -0.05) is 30.6 Å². The fourth-order valence-electron chi connectivity index (χ4n) is 2.93. The number of aryl methyl sites for hydroxylation is 2. The third-order valence-corrected chi connectivity index (χ3v) is 4.57. The van der Waals surface area contributed by atoms with E-state index in [1.165, 1.54) is 0 Å². The van der Waals surface area contributed by atoms with E-state index < -0.39 is 0 Å². The highest BCUT2D eigenvalue weighted by Gasteiger charge is 2.18. The Balaban J connectivity index is 0.00000280. The van der Waals surface area contributed by atoms with Crippen molar-refractivity contribution in [2.75, 3.05) is 13.3 Å². The monoisotopic (exact) mass is 520 g/mol. The number of rotatable bonds is 7. The minimum atomic E-state index is 0. The Kier molecular flexibility index (Phi) is 8.68. The van der Waals surface area contributed by atoms with E-state index in [-0.39, 0.29) is 30.8 Å². The number of hydrogen-bond acceptors (Lipinski definition) is 5.